The molecule has 0 atom stereocenters. The first kappa shape index (κ1) is 15.5. The van der Waals surface area contributed by atoms with E-state index in [2.05, 4.69) is 41.3 Å². The Morgan fingerprint density at radius 1 is 1.04 bits per heavy atom. The number of piperidine rings is 1. The van der Waals surface area contributed by atoms with Gasteiger partial charge in [-0.25, -0.2) is 0 Å². The molecule has 0 amide bonds. The van der Waals surface area contributed by atoms with Crippen molar-refractivity contribution in [3.8, 4) is 22.6 Å². The van der Waals surface area contributed by atoms with Crippen LogP contribution in [0.25, 0.3) is 11.1 Å². The number of methoxy groups -OCH3 is 1. The van der Waals surface area contributed by atoms with E-state index in [-0.39, 0.29) is 0 Å². The molecule has 0 radical (unpaired) electrons. The fourth-order valence-electron chi connectivity index (χ4n) is 3.91. The second kappa shape index (κ2) is 6.86. The largest absolute Gasteiger partial charge is 0.493 e. The van der Waals surface area contributed by atoms with Crippen molar-refractivity contribution in [3.63, 3.8) is 0 Å². The summed E-state index contributed by atoms with van der Waals surface area (Å²) in [6.45, 7) is 4.23. The van der Waals surface area contributed by atoms with Gasteiger partial charge >= 0.3 is 0 Å². The van der Waals surface area contributed by atoms with Crippen LogP contribution >= 0.6 is 0 Å². The third-order valence-electron chi connectivity index (χ3n) is 5.23. The minimum Gasteiger partial charge on any atom is -0.493 e. The molecule has 0 saturated carbocycles. The SMILES string of the molecule is COc1ccc(CCN2CCCCC2)c2c1OCc1ccccc1-2. The van der Waals surface area contributed by atoms with Gasteiger partial charge in [0.1, 0.15) is 6.61 Å². The monoisotopic (exact) mass is 323 g/mol. The van der Waals surface area contributed by atoms with E-state index in [9.17, 15) is 0 Å². The smallest absolute Gasteiger partial charge is 0.169 e. The quantitative estimate of drug-likeness (QED) is 0.838. The highest BCUT2D eigenvalue weighted by atomic mass is 16.5. The Kier molecular flexibility index (Phi) is 4.44. The molecule has 24 heavy (non-hydrogen) atoms. The topological polar surface area (TPSA) is 21.7 Å². The average Bonchev–Trinajstić information content (AvgIpc) is 2.66. The zero-order valence-electron chi connectivity index (χ0n) is 14.4. The number of rotatable bonds is 4. The van der Waals surface area contributed by atoms with E-state index in [0.29, 0.717) is 6.61 Å². The van der Waals surface area contributed by atoms with E-state index in [1.165, 1.54) is 54.6 Å². The maximum atomic E-state index is 6.07. The van der Waals surface area contributed by atoms with Crippen LogP contribution in [0, 0.1) is 0 Å². The van der Waals surface area contributed by atoms with Gasteiger partial charge in [-0.1, -0.05) is 36.8 Å². The van der Waals surface area contributed by atoms with Gasteiger partial charge in [-0.3, -0.25) is 0 Å². The van der Waals surface area contributed by atoms with Gasteiger partial charge in [0.15, 0.2) is 11.5 Å². The van der Waals surface area contributed by atoms with Crippen LogP contribution in [0.1, 0.15) is 30.4 Å². The van der Waals surface area contributed by atoms with Crippen LogP contribution in [-0.2, 0) is 13.0 Å². The Morgan fingerprint density at radius 2 is 1.88 bits per heavy atom. The zero-order valence-corrected chi connectivity index (χ0v) is 14.4. The number of nitrogens with zero attached hydrogens (tertiary/aromatic N) is 1. The predicted octanol–water partition coefficient (Wildman–Crippen LogP) is 4.28. The van der Waals surface area contributed by atoms with Crippen molar-refractivity contribution in [3.05, 3.63) is 47.5 Å². The molecule has 0 N–H and O–H groups in total. The molecular weight excluding hydrogens is 298 g/mol. The molecule has 0 unspecified atom stereocenters. The van der Waals surface area contributed by atoms with Gasteiger partial charge in [0, 0.05) is 12.1 Å². The molecule has 2 aromatic carbocycles. The van der Waals surface area contributed by atoms with Gasteiger partial charge in [-0.2, -0.15) is 0 Å². The normalized spacial score (nSPS) is 16.9. The standard InChI is InChI=1S/C21H25NO2/c1-23-19-10-9-16(11-14-22-12-5-2-6-13-22)20-18-8-4-3-7-17(18)15-24-21(19)20/h3-4,7-10H,2,5-6,11-15H2,1H3. The van der Waals surface area contributed by atoms with Crippen molar-refractivity contribution in [2.75, 3.05) is 26.7 Å². The van der Waals surface area contributed by atoms with Crippen molar-refractivity contribution < 1.29 is 9.47 Å². The van der Waals surface area contributed by atoms with Crippen LogP contribution in [0.3, 0.4) is 0 Å². The highest BCUT2D eigenvalue weighted by molar-refractivity contribution is 5.80. The van der Waals surface area contributed by atoms with E-state index in [0.717, 1.165) is 24.5 Å². The van der Waals surface area contributed by atoms with E-state index in [4.69, 9.17) is 9.47 Å². The minimum atomic E-state index is 0.620. The minimum absolute atomic E-state index is 0.620. The lowest BCUT2D eigenvalue weighted by molar-refractivity contribution is 0.231. The van der Waals surface area contributed by atoms with Gasteiger partial charge in [-0.15, -0.1) is 0 Å². The lowest BCUT2D eigenvalue weighted by Gasteiger charge is -2.28. The van der Waals surface area contributed by atoms with Crippen molar-refractivity contribution in [1.82, 2.24) is 4.90 Å². The van der Waals surface area contributed by atoms with Crippen LogP contribution in [0.2, 0.25) is 0 Å². The summed E-state index contributed by atoms with van der Waals surface area (Å²) >= 11 is 0. The van der Waals surface area contributed by atoms with Crippen molar-refractivity contribution in [1.29, 1.82) is 0 Å². The van der Waals surface area contributed by atoms with Crippen LogP contribution in [0.15, 0.2) is 36.4 Å². The molecular formula is C21H25NO2. The summed E-state index contributed by atoms with van der Waals surface area (Å²) in [7, 11) is 1.72. The fraction of sp³-hybridized carbons (Fsp3) is 0.429. The van der Waals surface area contributed by atoms with Gasteiger partial charge in [0.2, 0.25) is 0 Å². The number of benzene rings is 2. The maximum absolute atomic E-state index is 6.07. The molecule has 2 heterocycles. The predicted molar refractivity (Wildman–Crippen MR) is 96.8 cm³/mol. The molecule has 0 bridgehead atoms. The summed E-state index contributed by atoms with van der Waals surface area (Å²) in [5.74, 6) is 1.74. The Morgan fingerprint density at radius 3 is 2.71 bits per heavy atom. The molecule has 0 aliphatic carbocycles. The number of likely N-dealkylation sites (tertiary alicyclic amines) is 1. The molecule has 0 spiro atoms. The van der Waals surface area contributed by atoms with E-state index >= 15 is 0 Å². The van der Waals surface area contributed by atoms with Gasteiger partial charge in [0.05, 0.1) is 7.11 Å². The first-order chi connectivity index (χ1) is 11.9. The Balaban J connectivity index is 1.68. The maximum Gasteiger partial charge on any atom is 0.169 e. The highest BCUT2D eigenvalue weighted by Gasteiger charge is 2.24. The summed E-state index contributed by atoms with van der Waals surface area (Å²) in [4.78, 5) is 2.59. The van der Waals surface area contributed by atoms with Crippen LogP contribution in [-0.4, -0.2) is 31.6 Å². The molecule has 1 saturated heterocycles. The molecule has 4 rings (SSSR count). The molecule has 3 nitrogen and oxygen atoms in total. The van der Waals surface area contributed by atoms with Crippen molar-refractivity contribution >= 4 is 0 Å². The Labute approximate surface area is 144 Å². The van der Waals surface area contributed by atoms with Gasteiger partial charge in [0.25, 0.3) is 0 Å². The number of hydrogen-bond acceptors (Lipinski definition) is 3. The third-order valence-corrected chi connectivity index (χ3v) is 5.23. The van der Waals surface area contributed by atoms with Gasteiger partial charge < -0.3 is 14.4 Å². The van der Waals surface area contributed by atoms with Gasteiger partial charge in [-0.05, 0) is 55.1 Å². The Hall–Kier alpha value is -2.00. The zero-order chi connectivity index (χ0) is 16.4. The second-order valence-electron chi connectivity index (χ2n) is 6.73. The number of ether oxygens (including phenoxy) is 2. The average molecular weight is 323 g/mol. The molecule has 1 fully saturated rings. The summed E-state index contributed by atoms with van der Waals surface area (Å²) in [5.41, 5.74) is 5.15. The van der Waals surface area contributed by atoms with Crippen molar-refractivity contribution in [2.24, 2.45) is 0 Å². The van der Waals surface area contributed by atoms with E-state index in [1.54, 1.807) is 7.11 Å². The summed E-state index contributed by atoms with van der Waals surface area (Å²) in [5, 5.41) is 0. The first-order valence-electron chi connectivity index (χ1n) is 9.00. The van der Waals surface area contributed by atoms with Crippen LogP contribution in [0.5, 0.6) is 11.5 Å². The molecule has 126 valence electrons. The molecule has 2 aliphatic heterocycles. The number of hydrogen-bond donors (Lipinski definition) is 0. The molecule has 2 aromatic rings. The van der Waals surface area contributed by atoms with Crippen molar-refractivity contribution in [2.45, 2.75) is 32.3 Å². The molecule has 0 aromatic heterocycles. The van der Waals surface area contributed by atoms with E-state index < -0.39 is 0 Å². The molecule has 3 heteroatoms. The summed E-state index contributed by atoms with van der Waals surface area (Å²) in [6.07, 6.45) is 5.12. The van der Waals surface area contributed by atoms with Crippen LogP contribution in [0.4, 0.5) is 0 Å². The Bertz CT molecular complexity index is 720. The second-order valence-corrected chi connectivity index (χ2v) is 6.73. The van der Waals surface area contributed by atoms with Crippen LogP contribution < -0.4 is 9.47 Å². The number of fused-ring (bicyclic) bond motifs is 3. The highest BCUT2D eigenvalue weighted by Crippen LogP contribution is 2.45. The third kappa shape index (κ3) is 2.89. The lowest BCUT2D eigenvalue weighted by Crippen LogP contribution is -2.31. The van der Waals surface area contributed by atoms with E-state index in [1.807, 2.05) is 0 Å². The first-order valence-corrected chi connectivity index (χ1v) is 9.00. The lowest BCUT2D eigenvalue weighted by atomic mass is 9.91. The fourth-order valence-corrected chi connectivity index (χ4v) is 3.91. The summed E-state index contributed by atoms with van der Waals surface area (Å²) < 4.78 is 11.6. The molecule has 2 aliphatic rings. The summed E-state index contributed by atoms with van der Waals surface area (Å²) in [6, 6.07) is 12.8.